The van der Waals surface area contributed by atoms with Gasteiger partial charge in [0.2, 0.25) is 5.95 Å². The Hall–Kier alpha value is -1.78. The number of nitrogens with zero attached hydrogens (tertiary/aromatic N) is 4. The average Bonchev–Trinajstić information content (AvgIpc) is 2.85. The molecule has 3 heterocycles. The molecule has 1 unspecified atom stereocenters. The zero-order chi connectivity index (χ0) is 13.4. The van der Waals surface area contributed by atoms with Gasteiger partial charge in [0.25, 0.3) is 0 Å². The molecule has 2 aliphatic heterocycles. The molecule has 1 N–H and O–H groups in total. The predicted molar refractivity (Wildman–Crippen MR) is 77.2 cm³/mol. The first-order valence-electron chi connectivity index (χ1n) is 6.87. The molecule has 1 aromatic heterocycles. The SMILES string of the molecule is CC(C)Nc1nccc(N2CC3=CN(C)CC3C2)n1. The molecule has 0 amide bonds. The first kappa shape index (κ1) is 12.3. The second-order valence-electron chi connectivity index (χ2n) is 5.76. The van der Waals surface area contributed by atoms with Crippen LogP contribution in [-0.2, 0) is 0 Å². The molecule has 0 bridgehead atoms. The molecule has 19 heavy (non-hydrogen) atoms. The zero-order valence-corrected chi connectivity index (χ0v) is 11.8. The van der Waals surface area contributed by atoms with Gasteiger partial charge < -0.3 is 15.1 Å². The quantitative estimate of drug-likeness (QED) is 0.892. The summed E-state index contributed by atoms with van der Waals surface area (Å²) in [5.41, 5.74) is 1.53. The van der Waals surface area contributed by atoms with Crippen molar-refractivity contribution in [1.82, 2.24) is 14.9 Å². The maximum atomic E-state index is 4.60. The van der Waals surface area contributed by atoms with Crippen LogP contribution in [0.15, 0.2) is 24.0 Å². The monoisotopic (exact) mass is 259 g/mol. The van der Waals surface area contributed by atoms with E-state index < -0.39 is 0 Å². The highest BCUT2D eigenvalue weighted by Crippen LogP contribution is 2.31. The van der Waals surface area contributed by atoms with Gasteiger partial charge >= 0.3 is 0 Å². The molecule has 3 rings (SSSR count). The van der Waals surface area contributed by atoms with Gasteiger partial charge in [0.05, 0.1) is 0 Å². The molecule has 0 radical (unpaired) electrons. The van der Waals surface area contributed by atoms with Gasteiger partial charge in [-0.2, -0.15) is 4.98 Å². The summed E-state index contributed by atoms with van der Waals surface area (Å²) < 4.78 is 0. The minimum atomic E-state index is 0.351. The van der Waals surface area contributed by atoms with Crippen LogP contribution in [0.3, 0.4) is 0 Å². The van der Waals surface area contributed by atoms with Crippen molar-refractivity contribution in [1.29, 1.82) is 0 Å². The molecule has 5 heteroatoms. The van der Waals surface area contributed by atoms with Crippen molar-refractivity contribution < 1.29 is 0 Å². The van der Waals surface area contributed by atoms with Crippen LogP contribution in [0.1, 0.15) is 13.8 Å². The third-order valence-electron chi connectivity index (χ3n) is 3.62. The summed E-state index contributed by atoms with van der Waals surface area (Å²) in [6.45, 7) is 7.38. The van der Waals surface area contributed by atoms with Gasteiger partial charge in [-0.05, 0) is 25.5 Å². The van der Waals surface area contributed by atoms with E-state index in [-0.39, 0.29) is 0 Å². The van der Waals surface area contributed by atoms with Crippen LogP contribution >= 0.6 is 0 Å². The Bertz CT molecular complexity index is 496. The molecule has 1 fully saturated rings. The lowest BCUT2D eigenvalue weighted by atomic mass is 10.1. The Morgan fingerprint density at radius 1 is 1.37 bits per heavy atom. The lowest BCUT2D eigenvalue weighted by molar-refractivity contribution is 0.442. The summed E-state index contributed by atoms with van der Waals surface area (Å²) in [4.78, 5) is 13.5. The second kappa shape index (κ2) is 4.72. The fraction of sp³-hybridized carbons (Fsp3) is 0.571. The molecule has 102 valence electrons. The van der Waals surface area contributed by atoms with Gasteiger partial charge in [0.15, 0.2) is 0 Å². The van der Waals surface area contributed by atoms with E-state index in [1.54, 1.807) is 0 Å². The number of rotatable bonds is 3. The number of aromatic nitrogens is 2. The number of hydrogen-bond donors (Lipinski definition) is 1. The highest BCUT2D eigenvalue weighted by Gasteiger charge is 2.32. The van der Waals surface area contributed by atoms with Crippen molar-refractivity contribution in [3.63, 3.8) is 0 Å². The number of nitrogens with one attached hydrogen (secondary N) is 1. The van der Waals surface area contributed by atoms with Gasteiger partial charge in [-0.15, -0.1) is 0 Å². The molecule has 1 saturated heterocycles. The van der Waals surface area contributed by atoms with Crippen molar-refractivity contribution in [3.05, 3.63) is 24.0 Å². The topological polar surface area (TPSA) is 44.3 Å². The molecule has 5 nitrogen and oxygen atoms in total. The lowest BCUT2D eigenvalue weighted by Crippen LogP contribution is -2.25. The number of anilines is 2. The molecule has 0 spiro atoms. The Morgan fingerprint density at radius 2 is 2.21 bits per heavy atom. The van der Waals surface area contributed by atoms with Crippen LogP contribution in [0.2, 0.25) is 0 Å². The fourth-order valence-corrected chi connectivity index (χ4v) is 2.83. The zero-order valence-electron chi connectivity index (χ0n) is 11.8. The van der Waals surface area contributed by atoms with Crippen LogP contribution in [0.4, 0.5) is 11.8 Å². The van der Waals surface area contributed by atoms with Gasteiger partial charge in [-0.1, -0.05) is 0 Å². The van der Waals surface area contributed by atoms with Gasteiger partial charge in [0.1, 0.15) is 5.82 Å². The van der Waals surface area contributed by atoms with E-state index in [1.165, 1.54) is 5.57 Å². The fourth-order valence-electron chi connectivity index (χ4n) is 2.83. The van der Waals surface area contributed by atoms with Crippen LogP contribution in [0.5, 0.6) is 0 Å². The highest BCUT2D eigenvalue weighted by molar-refractivity contribution is 5.47. The Labute approximate surface area is 114 Å². The molecule has 1 aromatic rings. The number of hydrogen-bond acceptors (Lipinski definition) is 5. The maximum Gasteiger partial charge on any atom is 0.224 e. The predicted octanol–water partition coefficient (Wildman–Crippen LogP) is 1.56. The van der Waals surface area contributed by atoms with E-state index in [9.17, 15) is 0 Å². The van der Waals surface area contributed by atoms with E-state index in [0.29, 0.717) is 12.0 Å². The third kappa shape index (κ3) is 2.50. The van der Waals surface area contributed by atoms with Crippen molar-refractivity contribution in [2.24, 2.45) is 5.92 Å². The van der Waals surface area contributed by atoms with Crippen molar-refractivity contribution in [2.45, 2.75) is 19.9 Å². The standard InChI is InChI=1S/C14H21N5/c1-10(2)16-14-15-5-4-13(17-14)19-8-11-6-18(3)7-12(11)9-19/h4-6,10,12H,7-9H2,1-3H3,(H,15,16,17). The summed E-state index contributed by atoms with van der Waals surface area (Å²) in [6.07, 6.45) is 4.11. The molecule has 0 aliphatic carbocycles. The van der Waals surface area contributed by atoms with Gasteiger partial charge in [-0.25, -0.2) is 4.98 Å². The molecular weight excluding hydrogens is 238 g/mol. The summed E-state index contributed by atoms with van der Waals surface area (Å²) in [5.74, 6) is 2.41. The van der Waals surface area contributed by atoms with E-state index in [4.69, 9.17) is 0 Å². The summed E-state index contributed by atoms with van der Waals surface area (Å²) in [6, 6.07) is 2.35. The first-order chi connectivity index (χ1) is 9.11. The van der Waals surface area contributed by atoms with E-state index in [2.05, 4.69) is 52.2 Å². The largest absolute Gasteiger partial charge is 0.380 e. The molecule has 0 saturated carbocycles. The van der Waals surface area contributed by atoms with E-state index in [0.717, 1.165) is 31.4 Å². The van der Waals surface area contributed by atoms with Crippen molar-refractivity contribution in [3.8, 4) is 0 Å². The molecule has 1 atom stereocenters. The molecular formula is C14H21N5. The normalized spacial score (nSPS) is 21.9. The summed E-state index contributed by atoms with van der Waals surface area (Å²) in [7, 11) is 2.14. The third-order valence-corrected chi connectivity index (χ3v) is 3.62. The molecule has 0 aromatic carbocycles. The first-order valence-corrected chi connectivity index (χ1v) is 6.87. The maximum absolute atomic E-state index is 4.60. The summed E-state index contributed by atoms with van der Waals surface area (Å²) >= 11 is 0. The van der Waals surface area contributed by atoms with Gasteiger partial charge in [0, 0.05) is 51.0 Å². The van der Waals surface area contributed by atoms with E-state index in [1.807, 2.05) is 12.3 Å². The minimum Gasteiger partial charge on any atom is -0.380 e. The minimum absolute atomic E-state index is 0.351. The van der Waals surface area contributed by atoms with Crippen LogP contribution in [-0.4, -0.2) is 47.6 Å². The Balaban J connectivity index is 1.75. The Morgan fingerprint density at radius 3 is 2.95 bits per heavy atom. The summed E-state index contributed by atoms with van der Waals surface area (Å²) in [5, 5.41) is 3.25. The highest BCUT2D eigenvalue weighted by atomic mass is 15.3. The average molecular weight is 259 g/mol. The smallest absolute Gasteiger partial charge is 0.224 e. The van der Waals surface area contributed by atoms with Gasteiger partial charge in [-0.3, -0.25) is 0 Å². The lowest BCUT2D eigenvalue weighted by Gasteiger charge is -2.19. The van der Waals surface area contributed by atoms with Crippen molar-refractivity contribution >= 4 is 11.8 Å². The van der Waals surface area contributed by atoms with Crippen LogP contribution in [0.25, 0.3) is 0 Å². The van der Waals surface area contributed by atoms with Crippen LogP contribution < -0.4 is 10.2 Å². The number of fused-ring (bicyclic) bond motifs is 1. The Kier molecular flexibility index (Phi) is 3.05. The molecule has 2 aliphatic rings. The van der Waals surface area contributed by atoms with Crippen LogP contribution in [0, 0.1) is 5.92 Å². The second-order valence-corrected chi connectivity index (χ2v) is 5.76. The van der Waals surface area contributed by atoms with E-state index >= 15 is 0 Å². The van der Waals surface area contributed by atoms with Crippen molar-refractivity contribution in [2.75, 3.05) is 36.9 Å².